The van der Waals surface area contributed by atoms with Crippen LogP contribution in [0.4, 0.5) is 0 Å². The zero-order valence-electron chi connectivity index (χ0n) is 15.8. The molecule has 0 amide bonds. The van der Waals surface area contributed by atoms with Gasteiger partial charge >= 0.3 is 0 Å². The standard InChI is InChI=1S/C18H26N4O3S2/c1-4-19-18(21-13-15-8-7-14(2)12-16(15)25-3)20-9-10-22-27(23,24)17-6-5-11-26-17/h5-8,11-12,22H,4,9-10,13H2,1-3H3,(H2,19,20,21). The van der Waals surface area contributed by atoms with Crippen LogP contribution in [0, 0.1) is 6.92 Å². The predicted molar refractivity (Wildman–Crippen MR) is 110 cm³/mol. The van der Waals surface area contributed by atoms with Crippen molar-refractivity contribution in [3.05, 3.63) is 46.8 Å². The number of benzene rings is 1. The number of hydrogen-bond donors (Lipinski definition) is 3. The van der Waals surface area contributed by atoms with E-state index in [2.05, 4.69) is 20.3 Å². The van der Waals surface area contributed by atoms with Crippen molar-refractivity contribution in [2.24, 2.45) is 4.99 Å². The van der Waals surface area contributed by atoms with E-state index >= 15 is 0 Å². The maximum absolute atomic E-state index is 12.1. The summed E-state index contributed by atoms with van der Waals surface area (Å²) in [4.78, 5) is 4.55. The molecule has 0 saturated carbocycles. The Morgan fingerprint density at radius 3 is 2.70 bits per heavy atom. The first-order chi connectivity index (χ1) is 13.0. The van der Waals surface area contributed by atoms with Gasteiger partial charge in [0.05, 0.1) is 13.7 Å². The number of nitrogens with zero attached hydrogens (tertiary/aromatic N) is 1. The van der Waals surface area contributed by atoms with E-state index in [1.165, 1.54) is 11.3 Å². The maximum Gasteiger partial charge on any atom is 0.250 e. The quantitative estimate of drug-likeness (QED) is 0.335. The average molecular weight is 411 g/mol. The number of rotatable bonds is 9. The van der Waals surface area contributed by atoms with Crippen LogP contribution in [0.5, 0.6) is 5.75 Å². The third kappa shape index (κ3) is 6.53. The number of hydrogen-bond acceptors (Lipinski definition) is 5. The summed E-state index contributed by atoms with van der Waals surface area (Å²) in [5.41, 5.74) is 2.11. The Morgan fingerprint density at radius 2 is 2.04 bits per heavy atom. The Labute approximate surface area is 164 Å². The Balaban J connectivity index is 1.90. The van der Waals surface area contributed by atoms with Crippen molar-refractivity contribution in [3.63, 3.8) is 0 Å². The second kappa shape index (κ2) is 10.3. The minimum atomic E-state index is -3.44. The lowest BCUT2D eigenvalue weighted by Crippen LogP contribution is -2.41. The lowest BCUT2D eigenvalue weighted by Gasteiger charge is -2.13. The van der Waals surface area contributed by atoms with Gasteiger partial charge in [-0.2, -0.15) is 0 Å². The summed E-state index contributed by atoms with van der Waals surface area (Å²) < 4.78 is 32.5. The van der Waals surface area contributed by atoms with E-state index in [9.17, 15) is 8.42 Å². The molecular weight excluding hydrogens is 384 g/mol. The monoisotopic (exact) mass is 410 g/mol. The van der Waals surface area contributed by atoms with E-state index in [1.54, 1.807) is 24.6 Å². The average Bonchev–Trinajstić information content (AvgIpc) is 3.19. The molecule has 148 valence electrons. The van der Waals surface area contributed by atoms with Gasteiger partial charge in [0, 0.05) is 25.2 Å². The van der Waals surface area contributed by atoms with Crippen LogP contribution < -0.4 is 20.1 Å². The Morgan fingerprint density at radius 1 is 1.22 bits per heavy atom. The Kier molecular flexibility index (Phi) is 8.08. The molecular formula is C18H26N4O3S2. The zero-order valence-corrected chi connectivity index (χ0v) is 17.4. The van der Waals surface area contributed by atoms with Crippen LogP contribution in [-0.2, 0) is 16.6 Å². The Bertz CT molecular complexity index is 849. The third-order valence-corrected chi connectivity index (χ3v) is 6.52. The molecule has 1 heterocycles. The van der Waals surface area contributed by atoms with Crippen LogP contribution in [0.25, 0.3) is 0 Å². The minimum Gasteiger partial charge on any atom is -0.496 e. The normalized spacial score (nSPS) is 12.0. The largest absolute Gasteiger partial charge is 0.496 e. The molecule has 0 atom stereocenters. The highest BCUT2D eigenvalue weighted by molar-refractivity contribution is 7.91. The molecule has 1 aromatic heterocycles. The molecule has 0 aliphatic heterocycles. The Hall–Kier alpha value is -2.10. The summed E-state index contributed by atoms with van der Waals surface area (Å²) in [6.45, 7) is 5.83. The fraction of sp³-hybridized carbons (Fsp3) is 0.389. The van der Waals surface area contributed by atoms with E-state index in [0.717, 1.165) is 16.9 Å². The number of nitrogens with one attached hydrogen (secondary N) is 3. The van der Waals surface area contributed by atoms with E-state index in [-0.39, 0.29) is 6.54 Å². The fourth-order valence-electron chi connectivity index (χ4n) is 2.34. The van der Waals surface area contributed by atoms with E-state index in [0.29, 0.717) is 29.8 Å². The molecule has 0 aliphatic rings. The van der Waals surface area contributed by atoms with Crippen LogP contribution in [-0.4, -0.2) is 41.1 Å². The molecule has 0 radical (unpaired) electrons. The number of guanidine groups is 1. The van der Waals surface area contributed by atoms with Gasteiger partial charge in [-0.25, -0.2) is 18.1 Å². The van der Waals surface area contributed by atoms with Crippen LogP contribution in [0.2, 0.25) is 0 Å². The molecule has 2 rings (SSSR count). The highest BCUT2D eigenvalue weighted by Gasteiger charge is 2.13. The summed E-state index contributed by atoms with van der Waals surface area (Å²) in [6, 6.07) is 9.29. The van der Waals surface area contributed by atoms with Gasteiger partial charge in [-0.3, -0.25) is 0 Å². The summed E-state index contributed by atoms with van der Waals surface area (Å²) >= 11 is 1.19. The first-order valence-electron chi connectivity index (χ1n) is 8.65. The number of aliphatic imine (C=N–C) groups is 1. The molecule has 0 spiro atoms. The number of thiophene rings is 1. The van der Waals surface area contributed by atoms with Crippen LogP contribution >= 0.6 is 11.3 Å². The van der Waals surface area contributed by atoms with Gasteiger partial charge in [-0.1, -0.05) is 18.2 Å². The second-order valence-corrected chi connectivity index (χ2v) is 8.71. The number of sulfonamides is 1. The summed E-state index contributed by atoms with van der Waals surface area (Å²) in [5.74, 6) is 1.42. The van der Waals surface area contributed by atoms with Crippen LogP contribution in [0.3, 0.4) is 0 Å². The number of ether oxygens (including phenoxy) is 1. The van der Waals surface area contributed by atoms with Gasteiger partial charge in [0.15, 0.2) is 5.96 Å². The van der Waals surface area contributed by atoms with Crippen LogP contribution in [0.15, 0.2) is 44.9 Å². The molecule has 0 saturated heterocycles. The minimum absolute atomic E-state index is 0.262. The summed E-state index contributed by atoms with van der Waals surface area (Å²) in [5, 5.41) is 8.02. The zero-order chi connectivity index (χ0) is 19.7. The highest BCUT2D eigenvalue weighted by Crippen LogP contribution is 2.20. The van der Waals surface area contributed by atoms with Crippen molar-refractivity contribution in [2.75, 3.05) is 26.7 Å². The van der Waals surface area contributed by atoms with Gasteiger partial charge in [-0.15, -0.1) is 11.3 Å². The molecule has 0 bridgehead atoms. The SMILES string of the molecule is CCNC(=NCc1ccc(C)cc1OC)NCCNS(=O)(=O)c1cccs1. The number of methoxy groups -OCH3 is 1. The molecule has 1 aromatic carbocycles. The number of aryl methyl sites for hydroxylation is 1. The fourth-order valence-corrected chi connectivity index (χ4v) is 4.41. The lowest BCUT2D eigenvalue weighted by molar-refractivity contribution is 0.409. The van der Waals surface area contributed by atoms with Gasteiger partial charge in [0.1, 0.15) is 9.96 Å². The van der Waals surface area contributed by atoms with E-state index in [1.807, 2.05) is 32.0 Å². The molecule has 27 heavy (non-hydrogen) atoms. The second-order valence-electron chi connectivity index (χ2n) is 5.77. The predicted octanol–water partition coefficient (Wildman–Crippen LogP) is 2.10. The molecule has 0 fully saturated rings. The van der Waals surface area contributed by atoms with Crippen molar-refractivity contribution >= 4 is 27.3 Å². The first kappa shape index (κ1) is 21.2. The molecule has 7 nitrogen and oxygen atoms in total. The highest BCUT2D eigenvalue weighted by atomic mass is 32.2. The third-order valence-electron chi connectivity index (χ3n) is 3.66. The molecule has 0 aliphatic carbocycles. The first-order valence-corrected chi connectivity index (χ1v) is 11.0. The smallest absolute Gasteiger partial charge is 0.250 e. The van der Waals surface area contributed by atoms with Gasteiger partial charge in [-0.05, 0) is 36.9 Å². The molecule has 2 aromatic rings. The van der Waals surface area contributed by atoms with Gasteiger partial charge in [0.25, 0.3) is 0 Å². The van der Waals surface area contributed by atoms with Crippen molar-refractivity contribution in [1.82, 2.24) is 15.4 Å². The van der Waals surface area contributed by atoms with Gasteiger partial charge in [0.2, 0.25) is 10.0 Å². The topological polar surface area (TPSA) is 91.8 Å². The molecule has 9 heteroatoms. The van der Waals surface area contributed by atoms with Crippen molar-refractivity contribution in [2.45, 2.75) is 24.6 Å². The van der Waals surface area contributed by atoms with Crippen molar-refractivity contribution in [1.29, 1.82) is 0 Å². The van der Waals surface area contributed by atoms with E-state index < -0.39 is 10.0 Å². The summed E-state index contributed by atoms with van der Waals surface area (Å²) in [7, 11) is -1.80. The summed E-state index contributed by atoms with van der Waals surface area (Å²) in [6.07, 6.45) is 0. The van der Waals surface area contributed by atoms with E-state index in [4.69, 9.17) is 4.74 Å². The molecule has 3 N–H and O–H groups in total. The maximum atomic E-state index is 12.1. The molecule has 0 unspecified atom stereocenters. The van der Waals surface area contributed by atoms with Crippen molar-refractivity contribution in [3.8, 4) is 5.75 Å². The van der Waals surface area contributed by atoms with Crippen LogP contribution in [0.1, 0.15) is 18.1 Å². The lowest BCUT2D eigenvalue weighted by atomic mass is 10.1. The van der Waals surface area contributed by atoms with Gasteiger partial charge < -0.3 is 15.4 Å². The van der Waals surface area contributed by atoms with Crippen molar-refractivity contribution < 1.29 is 13.2 Å².